The van der Waals surface area contributed by atoms with Crippen LogP contribution in [0.4, 0.5) is 0 Å². The maximum atomic E-state index is 11.8. The summed E-state index contributed by atoms with van der Waals surface area (Å²) in [6.45, 7) is 0.0763. The molecular weight excluding hydrogens is 230 g/mol. The van der Waals surface area contributed by atoms with E-state index in [1.165, 1.54) is 0 Å². The Kier molecular flexibility index (Phi) is 3.97. The average molecular weight is 247 g/mol. The molecule has 0 saturated heterocycles. The summed E-state index contributed by atoms with van der Waals surface area (Å²) in [6, 6.07) is 6.59. The molecule has 18 heavy (non-hydrogen) atoms. The van der Waals surface area contributed by atoms with E-state index in [-0.39, 0.29) is 18.3 Å². The lowest BCUT2D eigenvalue weighted by Gasteiger charge is -2.10. The summed E-state index contributed by atoms with van der Waals surface area (Å²) in [5.41, 5.74) is 5.57. The van der Waals surface area contributed by atoms with Crippen molar-refractivity contribution in [2.45, 2.75) is 25.7 Å². The van der Waals surface area contributed by atoms with Crippen molar-refractivity contribution in [2.24, 2.45) is 11.7 Å². The minimum atomic E-state index is -0.498. The Hall–Kier alpha value is -1.84. The van der Waals surface area contributed by atoms with Crippen LogP contribution in [-0.2, 0) is 4.79 Å². The molecule has 1 fully saturated rings. The van der Waals surface area contributed by atoms with Gasteiger partial charge in [-0.2, -0.15) is 0 Å². The standard InChI is InChI=1S/C14H17NO3/c15-14(17)11-6-3-7-12(8-11)18-9-13(16)10-4-1-2-5-10/h3,6-8,10H,1-2,4-5,9H2,(H2,15,17). The number of hydrogen-bond acceptors (Lipinski definition) is 3. The third kappa shape index (κ3) is 3.09. The third-order valence-corrected chi connectivity index (χ3v) is 3.31. The molecule has 96 valence electrons. The van der Waals surface area contributed by atoms with E-state index < -0.39 is 5.91 Å². The fraction of sp³-hybridized carbons (Fsp3) is 0.429. The number of Topliss-reactive ketones (excluding diaryl/α,β-unsaturated/α-hetero) is 1. The first-order valence-corrected chi connectivity index (χ1v) is 6.22. The number of nitrogens with two attached hydrogens (primary N) is 1. The van der Waals surface area contributed by atoms with Gasteiger partial charge in [0.05, 0.1) is 0 Å². The van der Waals surface area contributed by atoms with Gasteiger partial charge < -0.3 is 10.5 Å². The number of ketones is 1. The quantitative estimate of drug-likeness (QED) is 0.864. The largest absolute Gasteiger partial charge is 0.486 e. The smallest absolute Gasteiger partial charge is 0.248 e. The summed E-state index contributed by atoms with van der Waals surface area (Å²) >= 11 is 0. The fourth-order valence-electron chi connectivity index (χ4n) is 2.26. The van der Waals surface area contributed by atoms with Crippen LogP contribution in [0.2, 0.25) is 0 Å². The van der Waals surface area contributed by atoms with Crippen molar-refractivity contribution in [1.82, 2.24) is 0 Å². The van der Waals surface area contributed by atoms with E-state index in [1.807, 2.05) is 0 Å². The molecule has 4 heteroatoms. The highest BCUT2D eigenvalue weighted by atomic mass is 16.5. The van der Waals surface area contributed by atoms with E-state index in [0.29, 0.717) is 11.3 Å². The van der Waals surface area contributed by atoms with Gasteiger partial charge in [-0.3, -0.25) is 9.59 Å². The second-order valence-electron chi connectivity index (χ2n) is 4.63. The van der Waals surface area contributed by atoms with E-state index in [2.05, 4.69) is 0 Å². The van der Waals surface area contributed by atoms with E-state index in [1.54, 1.807) is 24.3 Å². The zero-order chi connectivity index (χ0) is 13.0. The number of benzene rings is 1. The highest BCUT2D eigenvalue weighted by Gasteiger charge is 2.22. The molecule has 0 atom stereocenters. The molecule has 1 aliphatic rings. The number of hydrogen-bond donors (Lipinski definition) is 1. The Morgan fingerprint density at radius 1 is 1.28 bits per heavy atom. The van der Waals surface area contributed by atoms with E-state index in [9.17, 15) is 9.59 Å². The molecule has 0 spiro atoms. The van der Waals surface area contributed by atoms with Crippen LogP contribution in [0.3, 0.4) is 0 Å². The molecule has 2 N–H and O–H groups in total. The van der Waals surface area contributed by atoms with E-state index in [4.69, 9.17) is 10.5 Å². The topological polar surface area (TPSA) is 69.4 Å². The lowest BCUT2D eigenvalue weighted by Crippen LogP contribution is -2.19. The van der Waals surface area contributed by atoms with Gasteiger partial charge in [-0.25, -0.2) is 0 Å². The first-order valence-electron chi connectivity index (χ1n) is 6.22. The summed E-state index contributed by atoms with van der Waals surface area (Å²) in [6.07, 6.45) is 4.22. The van der Waals surface area contributed by atoms with Crippen molar-refractivity contribution in [2.75, 3.05) is 6.61 Å². The summed E-state index contributed by atoms with van der Waals surface area (Å²) < 4.78 is 5.41. The Balaban J connectivity index is 1.91. The number of amides is 1. The summed E-state index contributed by atoms with van der Waals surface area (Å²) in [7, 11) is 0. The maximum Gasteiger partial charge on any atom is 0.248 e. The SMILES string of the molecule is NC(=O)c1cccc(OCC(=O)C2CCCC2)c1. The van der Waals surface area contributed by atoms with Crippen LogP contribution >= 0.6 is 0 Å². The second-order valence-corrected chi connectivity index (χ2v) is 4.63. The highest BCUT2D eigenvalue weighted by molar-refractivity contribution is 5.93. The third-order valence-electron chi connectivity index (χ3n) is 3.31. The first-order chi connectivity index (χ1) is 8.66. The van der Waals surface area contributed by atoms with Crippen LogP contribution in [0.15, 0.2) is 24.3 Å². The van der Waals surface area contributed by atoms with Crippen molar-refractivity contribution >= 4 is 11.7 Å². The van der Waals surface area contributed by atoms with Gasteiger partial charge in [-0.15, -0.1) is 0 Å². The van der Waals surface area contributed by atoms with Crippen LogP contribution in [0, 0.1) is 5.92 Å². The molecule has 4 nitrogen and oxygen atoms in total. The fourth-order valence-corrected chi connectivity index (χ4v) is 2.26. The molecule has 0 aliphatic heterocycles. The van der Waals surface area contributed by atoms with Crippen LogP contribution in [0.5, 0.6) is 5.75 Å². The number of ether oxygens (including phenoxy) is 1. The molecule has 1 aliphatic carbocycles. The van der Waals surface area contributed by atoms with Gasteiger partial charge in [0, 0.05) is 11.5 Å². The van der Waals surface area contributed by atoms with Gasteiger partial charge >= 0.3 is 0 Å². The molecule has 2 rings (SSSR count). The minimum absolute atomic E-state index is 0.0763. The molecule has 1 aromatic carbocycles. The lowest BCUT2D eigenvalue weighted by molar-refractivity contribution is -0.124. The summed E-state index contributed by atoms with van der Waals surface area (Å²) in [5, 5.41) is 0. The zero-order valence-corrected chi connectivity index (χ0v) is 10.2. The summed E-state index contributed by atoms with van der Waals surface area (Å²) in [4.78, 5) is 22.8. The monoisotopic (exact) mass is 247 g/mol. The number of carbonyl (C=O) groups is 2. The van der Waals surface area contributed by atoms with Gasteiger partial charge in [-0.05, 0) is 31.0 Å². The molecule has 0 radical (unpaired) electrons. The van der Waals surface area contributed by atoms with Crippen molar-refractivity contribution in [1.29, 1.82) is 0 Å². The van der Waals surface area contributed by atoms with Crippen LogP contribution < -0.4 is 10.5 Å². The average Bonchev–Trinajstić information content (AvgIpc) is 2.90. The zero-order valence-electron chi connectivity index (χ0n) is 10.2. The molecule has 0 unspecified atom stereocenters. The second kappa shape index (κ2) is 5.67. The molecule has 0 aromatic heterocycles. The molecule has 1 aromatic rings. The Labute approximate surface area is 106 Å². The van der Waals surface area contributed by atoms with Gasteiger partial charge in [0.15, 0.2) is 5.78 Å². The van der Waals surface area contributed by atoms with Crippen LogP contribution in [0.25, 0.3) is 0 Å². The minimum Gasteiger partial charge on any atom is -0.486 e. The molecular formula is C14H17NO3. The highest BCUT2D eigenvalue weighted by Crippen LogP contribution is 2.25. The Morgan fingerprint density at radius 3 is 2.67 bits per heavy atom. The molecule has 0 heterocycles. The number of rotatable bonds is 5. The predicted octanol–water partition coefficient (Wildman–Crippen LogP) is 1.92. The predicted molar refractivity (Wildman–Crippen MR) is 67.4 cm³/mol. The normalized spacial score (nSPS) is 15.6. The Morgan fingerprint density at radius 2 is 2.00 bits per heavy atom. The van der Waals surface area contributed by atoms with Crippen molar-refractivity contribution in [3.8, 4) is 5.75 Å². The lowest BCUT2D eigenvalue weighted by atomic mass is 10.0. The van der Waals surface area contributed by atoms with Crippen molar-refractivity contribution in [3.05, 3.63) is 29.8 Å². The van der Waals surface area contributed by atoms with Gasteiger partial charge in [-0.1, -0.05) is 18.9 Å². The van der Waals surface area contributed by atoms with Gasteiger partial charge in [0.25, 0.3) is 0 Å². The maximum absolute atomic E-state index is 11.8. The van der Waals surface area contributed by atoms with Crippen LogP contribution in [0.1, 0.15) is 36.0 Å². The van der Waals surface area contributed by atoms with E-state index >= 15 is 0 Å². The van der Waals surface area contributed by atoms with Gasteiger partial charge in [0.2, 0.25) is 5.91 Å². The number of carbonyl (C=O) groups excluding carboxylic acids is 2. The van der Waals surface area contributed by atoms with Crippen LogP contribution in [-0.4, -0.2) is 18.3 Å². The number of primary amides is 1. The molecule has 1 amide bonds. The van der Waals surface area contributed by atoms with Gasteiger partial charge in [0.1, 0.15) is 12.4 Å². The van der Waals surface area contributed by atoms with Crippen molar-refractivity contribution < 1.29 is 14.3 Å². The molecule has 0 bridgehead atoms. The van der Waals surface area contributed by atoms with E-state index in [0.717, 1.165) is 25.7 Å². The van der Waals surface area contributed by atoms with Crippen molar-refractivity contribution in [3.63, 3.8) is 0 Å². The summed E-state index contributed by atoms with van der Waals surface area (Å²) in [5.74, 6) is 0.321. The Bertz CT molecular complexity index is 450. The molecule has 1 saturated carbocycles. The first kappa shape index (κ1) is 12.6.